The number of aliphatic hydroxyl groups is 1. The highest BCUT2D eigenvalue weighted by Crippen LogP contribution is 2.69. The second-order valence-electron chi connectivity index (χ2n) is 13.3. The molecule has 8 atom stereocenters. The molecule has 4 aliphatic rings. The summed E-state index contributed by atoms with van der Waals surface area (Å²) in [6.07, 6.45) is 11.6. The van der Waals surface area contributed by atoms with E-state index in [4.69, 9.17) is 0 Å². The van der Waals surface area contributed by atoms with E-state index in [0.717, 1.165) is 42.1 Å². The maximum atomic E-state index is 13.7. The predicted octanol–water partition coefficient (Wildman–Crippen LogP) is 6.11. The minimum Gasteiger partial charge on any atom is -0.390 e. The van der Waals surface area contributed by atoms with Gasteiger partial charge in [-0.3, -0.25) is 4.79 Å². The highest BCUT2D eigenvalue weighted by molar-refractivity contribution is 5.84. The number of Topliss-reactive ketones (excluding diaryl/α,β-unsaturated/α-hetero) is 1. The highest BCUT2D eigenvalue weighted by Gasteiger charge is 2.62. The number of aromatic nitrogens is 3. The predicted molar refractivity (Wildman–Crippen MR) is 138 cm³/mol. The average Bonchev–Trinajstić information content (AvgIpc) is 3.38. The summed E-state index contributed by atoms with van der Waals surface area (Å²) in [7, 11) is 0. The largest absolute Gasteiger partial charge is 0.390 e. The van der Waals surface area contributed by atoms with Gasteiger partial charge in [0, 0.05) is 5.92 Å². The fraction of sp³-hybridized carbons (Fsp3) is 0.767. The molecule has 0 aliphatic heterocycles. The Morgan fingerprint density at radius 2 is 1.91 bits per heavy atom. The molecule has 0 spiro atoms. The van der Waals surface area contributed by atoms with Gasteiger partial charge in [0.1, 0.15) is 12.1 Å². The molecular formula is C30H43N3O2. The van der Waals surface area contributed by atoms with Crippen LogP contribution in [0.25, 0.3) is 11.0 Å². The number of aryl methyl sites for hydroxylation is 1. The first-order valence-electron chi connectivity index (χ1n) is 14.2. The van der Waals surface area contributed by atoms with Crippen LogP contribution < -0.4 is 0 Å². The molecule has 5 heteroatoms. The topological polar surface area (TPSA) is 68.0 Å². The third-order valence-electron chi connectivity index (χ3n) is 11.7. The van der Waals surface area contributed by atoms with E-state index in [1.54, 1.807) is 0 Å². The van der Waals surface area contributed by atoms with Gasteiger partial charge in [-0.05, 0) is 130 Å². The van der Waals surface area contributed by atoms with Crippen LogP contribution in [0.4, 0.5) is 0 Å². The van der Waals surface area contributed by atoms with Crippen molar-refractivity contribution in [1.82, 2.24) is 15.0 Å². The fourth-order valence-corrected chi connectivity index (χ4v) is 9.93. The van der Waals surface area contributed by atoms with E-state index >= 15 is 0 Å². The maximum Gasteiger partial charge on any atom is 0.157 e. The minimum atomic E-state index is -0.478. The monoisotopic (exact) mass is 477 g/mol. The number of hydrogen-bond donors (Lipinski definition) is 1. The summed E-state index contributed by atoms with van der Waals surface area (Å²) in [6.45, 7) is 9.32. The Morgan fingerprint density at radius 3 is 2.71 bits per heavy atom. The van der Waals surface area contributed by atoms with Crippen LogP contribution in [0.5, 0.6) is 0 Å². The van der Waals surface area contributed by atoms with E-state index in [-0.39, 0.29) is 11.3 Å². The number of benzene rings is 1. The number of carbonyl (C=O) groups excluding carboxylic acids is 1. The van der Waals surface area contributed by atoms with E-state index in [9.17, 15) is 9.90 Å². The highest BCUT2D eigenvalue weighted by atomic mass is 16.3. The SMILES string of the molecule is CC[C@]12CC[C@@](C)(O)C[C@H]1CC[C@H]1[C@@H]3CC[C@H](C(=O)Cn4nnc5cc(C)ccc54)[C@@]3(C)CC[C@@H]12. The molecule has 4 aliphatic carbocycles. The zero-order valence-electron chi connectivity index (χ0n) is 22.1. The number of rotatable bonds is 4. The number of carbonyl (C=O) groups is 1. The van der Waals surface area contributed by atoms with Crippen LogP contribution in [-0.2, 0) is 11.3 Å². The molecule has 6 rings (SSSR count). The lowest BCUT2D eigenvalue weighted by atomic mass is 9.42. The van der Waals surface area contributed by atoms with Crippen LogP contribution in [-0.4, -0.2) is 31.5 Å². The molecule has 4 saturated carbocycles. The Morgan fingerprint density at radius 1 is 1.09 bits per heavy atom. The molecule has 2 aromatic rings. The minimum absolute atomic E-state index is 0.118. The smallest absolute Gasteiger partial charge is 0.157 e. The normalized spacial score (nSPS) is 42.9. The van der Waals surface area contributed by atoms with Crippen molar-refractivity contribution in [1.29, 1.82) is 0 Å². The molecule has 1 heterocycles. The molecule has 0 bridgehead atoms. The van der Waals surface area contributed by atoms with Crippen molar-refractivity contribution >= 4 is 16.8 Å². The van der Waals surface area contributed by atoms with E-state index in [2.05, 4.69) is 44.1 Å². The molecule has 0 amide bonds. The van der Waals surface area contributed by atoms with E-state index in [1.165, 1.54) is 50.5 Å². The van der Waals surface area contributed by atoms with Crippen LogP contribution >= 0.6 is 0 Å². The Bertz CT molecular complexity index is 1140. The summed E-state index contributed by atoms with van der Waals surface area (Å²) < 4.78 is 1.82. The molecule has 1 aromatic carbocycles. The van der Waals surface area contributed by atoms with Gasteiger partial charge < -0.3 is 5.11 Å². The summed E-state index contributed by atoms with van der Waals surface area (Å²) in [5.41, 5.74) is 3.05. The molecule has 4 fully saturated rings. The molecule has 35 heavy (non-hydrogen) atoms. The molecule has 5 nitrogen and oxygen atoms in total. The summed E-state index contributed by atoms with van der Waals surface area (Å²) >= 11 is 0. The summed E-state index contributed by atoms with van der Waals surface area (Å²) in [6, 6.07) is 6.17. The quantitative estimate of drug-likeness (QED) is 0.577. The second kappa shape index (κ2) is 8.13. The fourth-order valence-electron chi connectivity index (χ4n) is 9.93. The third kappa shape index (κ3) is 3.54. The van der Waals surface area contributed by atoms with E-state index in [0.29, 0.717) is 29.6 Å². The first kappa shape index (κ1) is 23.6. The van der Waals surface area contributed by atoms with Crippen molar-refractivity contribution in [3.05, 3.63) is 23.8 Å². The standard InChI is InChI=1S/C30H43N3O2/c1-5-30-15-14-28(3,35)17-20(30)7-8-21-22-9-10-24(29(22,4)13-12-23(21)30)27(34)18-33-26-11-6-19(2)16-25(26)31-32-33/h6,11,16,20-24,35H,5,7-10,12-15,17-18H2,1-4H3/t20-,21+,22+,23+,24-,28-,29+,30+/m1/s1. The second-order valence-corrected chi connectivity index (χ2v) is 13.3. The van der Waals surface area contributed by atoms with Crippen molar-refractivity contribution < 1.29 is 9.90 Å². The van der Waals surface area contributed by atoms with Gasteiger partial charge in [0.2, 0.25) is 0 Å². The van der Waals surface area contributed by atoms with Gasteiger partial charge in [0.25, 0.3) is 0 Å². The van der Waals surface area contributed by atoms with Crippen molar-refractivity contribution in [2.24, 2.45) is 40.4 Å². The zero-order chi connectivity index (χ0) is 24.6. The van der Waals surface area contributed by atoms with Crippen LogP contribution in [0.3, 0.4) is 0 Å². The van der Waals surface area contributed by atoms with E-state index < -0.39 is 5.60 Å². The lowest BCUT2D eigenvalue weighted by Gasteiger charge is -2.63. The summed E-state index contributed by atoms with van der Waals surface area (Å²) in [4.78, 5) is 13.7. The summed E-state index contributed by atoms with van der Waals surface area (Å²) in [5.74, 6) is 3.36. The molecule has 0 saturated heterocycles. The van der Waals surface area contributed by atoms with Gasteiger partial charge in [-0.15, -0.1) is 5.10 Å². The molecule has 0 radical (unpaired) electrons. The number of fused-ring (bicyclic) bond motifs is 6. The van der Waals surface area contributed by atoms with Gasteiger partial charge in [0.15, 0.2) is 5.78 Å². The van der Waals surface area contributed by atoms with Crippen molar-refractivity contribution in [3.8, 4) is 0 Å². The Hall–Kier alpha value is -1.75. The molecular weight excluding hydrogens is 434 g/mol. The van der Waals surface area contributed by atoms with Crippen molar-refractivity contribution in [2.75, 3.05) is 0 Å². The van der Waals surface area contributed by atoms with Gasteiger partial charge in [-0.2, -0.15) is 0 Å². The lowest BCUT2D eigenvalue weighted by molar-refractivity contribution is -0.158. The van der Waals surface area contributed by atoms with Crippen molar-refractivity contribution in [3.63, 3.8) is 0 Å². The van der Waals surface area contributed by atoms with Gasteiger partial charge in [0.05, 0.1) is 11.1 Å². The van der Waals surface area contributed by atoms with Crippen LogP contribution in [0.2, 0.25) is 0 Å². The van der Waals surface area contributed by atoms with Gasteiger partial charge in [-0.25, -0.2) is 4.68 Å². The number of hydrogen-bond acceptors (Lipinski definition) is 4. The number of ketones is 1. The van der Waals surface area contributed by atoms with Crippen LogP contribution in [0, 0.1) is 47.3 Å². The molecule has 0 unspecified atom stereocenters. The Kier molecular flexibility index (Phi) is 5.49. The Labute approximate surface area is 210 Å². The first-order chi connectivity index (χ1) is 16.7. The average molecular weight is 478 g/mol. The van der Waals surface area contributed by atoms with Crippen molar-refractivity contribution in [2.45, 2.75) is 104 Å². The summed E-state index contributed by atoms with van der Waals surface area (Å²) in [5, 5.41) is 19.5. The molecule has 1 aromatic heterocycles. The zero-order valence-corrected chi connectivity index (χ0v) is 22.1. The Balaban J connectivity index is 1.23. The van der Waals surface area contributed by atoms with Gasteiger partial charge >= 0.3 is 0 Å². The molecule has 190 valence electrons. The third-order valence-corrected chi connectivity index (χ3v) is 11.7. The first-order valence-corrected chi connectivity index (χ1v) is 14.2. The maximum absolute atomic E-state index is 13.7. The van der Waals surface area contributed by atoms with Gasteiger partial charge in [-0.1, -0.05) is 25.1 Å². The van der Waals surface area contributed by atoms with Crippen LogP contribution in [0.1, 0.15) is 90.5 Å². The van der Waals surface area contributed by atoms with E-state index in [1.807, 2.05) is 16.8 Å². The lowest BCUT2D eigenvalue weighted by Crippen LogP contribution is -2.56. The van der Waals surface area contributed by atoms with Crippen LogP contribution in [0.15, 0.2) is 18.2 Å². The number of nitrogens with zero attached hydrogens (tertiary/aromatic N) is 3. The molecule has 1 N–H and O–H groups in total.